The van der Waals surface area contributed by atoms with Gasteiger partial charge in [0.25, 0.3) is 0 Å². The second-order valence-electron chi connectivity index (χ2n) is 6.78. The Hall–Kier alpha value is -3.25. The molecule has 0 aliphatic carbocycles. The quantitative estimate of drug-likeness (QED) is 0.551. The van der Waals surface area contributed by atoms with Crippen LogP contribution in [0.1, 0.15) is 18.9 Å². The van der Waals surface area contributed by atoms with E-state index in [1.165, 1.54) is 0 Å². The summed E-state index contributed by atoms with van der Waals surface area (Å²) in [6.45, 7) is 2.44. The van der Waals surface area contributed by atoms with Gasteiger partial charge in [-0.2, -0.15) is 0 Å². The first-order chi connectivity index (χ1) is 14.5. The molecular formula is C23H20ClNO5. The fourth-order valence-electron chi connectivity index (χ4n) is 3.47. The molecule has 154 valence electrons. The van der Waals surface area contributed by atoms with Gasteiger partial charge in [0.05, 0.1) is 24.7 Å². The standard InChI is InChI=1S/C23H20ClNO5/c1-3-29-23(27)14-10-11-25(16-5-7-17(28-2)8-6-16)22-19(12-14)21(26)18-13-15(24)4-9-20(18)30-22/h4-9,12-13H,3,10-11H2,1-2H3. The third kappa shape index (κ3) is 3.66. The van der Waals surface area contributed by atoms with Crippen molar-refractivity contribution < 1.29 is 18.7 Å². The lowest BCUT2D eigenvalue weighted by atomic mass is 10.1. The number of anilines is 2. The molecule has 7 heteroatoms. The molecule has 0 radical (unpaired) electrons. The highest BCUT2D eigenvalue weighted by Gasteiger charge is 2.26. The number of ether oxygens (including phenoxy) is 2. The predicted octanol–water partition coefficient (Wildman–Crippen LogP) is 4.94. The minimum Gasteiger partial charge on any atom is -0.497 e. The fourth-order valence-corrected chi connectivity index (χ4v) is 3.64. The van der Waals surface area contributed by atoms with Crippen LogP contribution in [0.3, 0.4) is 0 Å². The molecule has 0 fully saturated rings. The van der Waals surface area contributed by atoms with Crippen molar-refractivity contribution in [1.82, 2.24) is 0 Å². The van der Waals surface area contributed by atoms with Gasteiger partial charge in [0.2, 0.25) is 11.3 Å². The molecule has 30 heavy (non-hydrogen) atoms. The van der Waals surface area contributed by atoms with E-state index in [0.29, 0.717) is 51.7 Å². The van der Waals surface area contributed by atoms with Gasteiger partial charge in [-0.25, -0.2) is 4.79 Å². The van der Waals surface area contributed by atoms with E-state index in [1.54, 1.807) is 38.3 Å². The number of carbonyl (C=O) groups is 1. The summed E-state index contributed by atoms with van der Waals surface area (Å²) < 4.78 is 16.6. The van der Waals surface area contributed by atoms with Gasteiger partial charge < -0.3 is 18.8 Å². The Morgan fingerprint density at radius 1 is 1.20 bits per heavy atom. The molecule has 1 aliphatic rings. The Morgan fingerprint density at radius 3 is 2.67 bits per heavy atom. The number of hydrogen-bond donors (Lipinski definition) is 0. The van der Waals surface area contributed by atoms with E-state index in [1.807, 2.05) is 29.2 Å². The minimum absolute atomic E-state index is 0.254. The second kappa shape index (κ2) is 8.24. The number of carbonyl (C=O) groups excluding carboxylic acids is 1. The highest BCUT2D eigenvalue weighted by Crippen LogP contribution is 2.35. The molecule has 3 aromatic rings. The monoisotopic (exact) mass is 425 g/mol. The lowest BCUT2D eigenvalue weighted by Gasteiger charge is -2.23. The number of methoxy groups -OCH3 is 1. The molecule has 2 heterocycles. The Balaban J connectivity index is 1.93. The van der Waals surface area contributed by atoms with Crippen LogP contribution in [0.4, 0.5) is 11.6 Å². The Morgan fingerprint density at radius 2 is 1.97 bits per heavy atom. The van der Waals surface area contributed by atoms with Gasteiger partial charge in [0, 0.05) is 22.8 Å². The number of rotatable bonds is 4. The van der Waals surface area contributed by atoms with E-state index in [0.717, 1.165) is 5.69 Å². The summed E-state index contributed by atoms with van der Waals surface area (Å²) in [4.78, 5) is 27.6. The summed E-state index contributed by atoms with van der Waals surface area (Å²) in [6.07, 6.45) is 1.97. The SMILES string of the molecule is CCOC(=O)C1=Cc2c(oc3ccc(Cl)cc3c2=O)N(c2ccc(OC)cc2)CC1. The van der Waals surface area contributed by atoms with Crippen molar-refractivity contribution in [2.24, 2.45) is 0 Å². The zero-order chi connectivity index (χ0) is 21.3. The highest BCUT2D eigenvalue weighted by atomic mass is 35.5. The molecule has 2 aromatic carbocycles. The lowest BCUT2D eigenvalue weighted by molar-refractivity contribution is -0.138. The molecule has 0 atom stereocenters. The topological polar surface area (TPSA) is 69.0 Å². The first-order valence-corrected chi connectivity index (χ1v) is 9.95. The Kier molecular flexibility index (Phi) is 5.50. The summed E-state index contributed by atoms with van der Waals surface area (Å²) in [6, 6.07) is 12.3. The van der Waals surface area contributed by atoms with Crippen molar-refractivity contribution in [3.63, 3.8) is 0 Å². The van der Waals surface area contributed by atoms with Crippen molar-refractivity contribution in [1.29, 1.82) is 0 Å². The molecule has 0 spiro atoms. The van der Waals surface area contributed by atoms with Crippen LogP contribution in [-0.4, -0.2) is 26.2 Å². The normalized spacial score (nSPS) is 13.4. The number of hydrogen-bond acceptors (Lipinski definition) is 6. The van der Waals surface area contributed by atoms with Crippen molar-refractivity contribution in [2.75, 3.05) is 25.2 Å². The zero-order valence-corrected chi connectivity index (χ0v) is 17.4. The number of esters is 1. The van der Waals surface area contributed by atoms with E-state index < -0.39 is 5.97 Å². The van der Waals surface area contributed by atoms with Crippen molar-refractivity contribution in [3.8, 4) is 5.75 Å². The Labute approximate surface area is 178 Å². The molecule has 1 aliphatic heterocycles. The van der Waals surface area contributed by atoms with Crippen molar-refractivity contribution in [3.05, 3.63) is 68.8 Å². The van der Waals surface area contributed by atoms with E-state index in [9.17, 15) is 9.59 Å². The van der Waals surface area contributed by atoms with Gasteiger partial charge in [0.15, 0.2) is 0 Å². The number of benzene rings is 2. The first kappa shape index (κ1) is 20.0. The molecular weight excluding hydrogens is 406 g/mol. The summed E-state index contributed by atoms with van der Waals surface area (Å²) in [7, 11) is 1.60. The lowest BCUT2D eigenvalue weighted by Crippen LogP contribution is -2.21. The summed E-state index contributed by atoms with van der Waals surface area (Å²) in [5, 5.41) is 0.794. The average Bonchev–Trinajstić information content (AvgIpc) is 2.95. The van der Waals surface area contributed by atoms with E-state index in [-0.39, 0.29) is 12.0 Å². The molecule has 4 rings (SSSR count). The average molecular weight is 426 g/mol. The maximum Gasteiger partial charge on any atom is 0.334 e. The fraction of sp³-hybridized carbons (Fsp3) is 0.217. The Bertz CT molecular complexity index is 1200. The van der Waals surface area contributed by atoms with Crippen LogP contribution in [-0.2, 0) is 9.53 Å². The predicted molar refractivity (Wildman–Crippen MR) is 117 cm³/mol. The first-order valence-electron chi connectivity index (χ1n) is 9.57. The van der Waals surface area contributed by atoms with Crippen LogP contribution in [0, 0.1) is 0 Å². The summed E-state index contributed by atoms with van der Waals surface area (Å²) in [5.74, 6) is 0.652. The molecule has 0 N–H and O–H groups in total. The number of fused-ring (bicyclic) bond motifs is 2. The smallest absolute Gasteiger partial charge is 0.334 e. The maximum absolute atomic E-state index is 13.3. The molecule has 0 saturated heterocycles. The van der Waals surface area contributed by atoms with Crippen LogP contribution >= 0.6 is 11.6 Å². The van der Waals surface area contributed by atoms with E-state index in [2.05, 4.69) is 0 Å². The minimum atomic E-state index is -0.439. The van der Waals surface area contributed by atoms with Crippen LogP contribution in [0.15, 0.2) is 57.2 Å². The van der Waals surface area contributed by atoms with Gasteiger partial charge in [-0.15, -0.1) is 0 Å². The van der Waals surface area contributed by atoms with Gasteiger partial charge >= 0.3 is 5.97 Å². The molecule has 1 aromatic heterocycles. The zero-order valence-electron chi connectivity index (χ0n) is 16.6. The third-order valence-corrected chi connectivity index (χ3v) is 5.19. The molecule has 0 amide bonds. The van der Waals surface area contributed by atoms with Crippen LogP contribution in [0.25, 0.3) is 17.0 Å². The second-order valence-corrected chi connectivity index (χ2v) is 7.22. The van der Waals surface area contributed by atoms with E-state index >= 15 is 0 Å². The third-order valence-electron chi connectivity index (χ3n) is 4.96. The van der Waals surface area contributed by atoms with Gasteiger partial charge in [0.1, 0.15) is 11.3 Å². The van der Waals surface area contributed by atoms with Crippen molar-refractivity contribution in [2.45, 2.75) is 13.3 Å². The summed E-state index contributed by atoms with van der Waals surface area (Å²) in [5.41, 5.74) is 1.70. The molecule has 0 saturated carbocycles. The maximum atomic E-state index is 13.3. The van der Waals surface area contributed by atoms with Crippen LogP contribution in [0.2, 0.25) is 5.02 Å². The molecule has 0 bridgehead atoms. The van der Waals surface area contributed by atoms with Crippen LogP contribution < -0.4 is 15.1 Å². The van der Waals surface area contributed by atoms with Crippen molar-refractivity contribution >= 4 is 46.2 Å². The number of halogens is 1. The molecule has 6 nitrogen and oxygen atoms in total. The highest BCUT2D eigenvalue weighted by molar-refractivity contribution is 6.31. The summed E-state index contributed by atoms with van der Waals surface area (Å²) >= 11 is 6.09. The number of nitrogens with zero attached hydrogens (tertiary/aromatic N) is 1. The van der Waals surface area contributed by atoms with Crippen LogP contribution in [0.5, 0.6) is 5.75 Å². The molecule has 0 unspecified atom stereocenters. The van der Waals surface area contributed by atoms with Gasteiger partial charge in [-0.1, -0.05) is 11.6 Å². The van der Waals surface area contributed by atoms with E-state index in [4.69, 9.17) is 25.5 Å². The van der Waals surface area contributed by atoms with Gasteiger partial charge in [-0.05, 0) is 61.9 Å². The van der Waals surface area contributed by atoms with Gasteiger partial charge in [-0.3, -0.25) is 4.79 Å². The largest absolute Gasteiger partial charge is 0.497 e.